The summed E-state index contributed by atoms with van der Waals surface area (Å²) in [6.07, 6.45) is 6.76. The Labute approximate surface area is 116 Å². The summed E-state index contributed by atoms with van der Waals surface area (Å²) in [6.45, 7) is 4.99. The molecule has 0 aliphatic carbocycles. The molecular formula is C16H26N3+. The SMILES string of the molecule is Nc1ccc([N+]2(C3CCNCC3)CCCCC2)cc1. The molecule has 104 valence electrons. The summed E-state index contributed by atoms with van der Waals surface area (Å²) in [5.74, 6) is 0. The lowest BCUT2D eigenvalue weighted by Gasteiger charge is -2.48. The van der Waals surface area contributed by atoms with Crippen molar-refractivity contribution >= 4 is 11.4 Å². The molecule has 0 bridgehead atoms. The van der Waals surface area contributed by atoms with Gasteiger partial charge in [-0.2, -0.15) is 0 Å². The molecule has 3 N–H and O–H groups in total. The van der Waals surface area contributed by atoms with E-state index in [0.717, 1.165) is 11.7 Å². The molecule has 0 radical (unpaired) electrons. The maximum atomic E-state index is 5.86. The third-order valence-electron chi connectivity index (χ3n) is 5.03. The monoisotopic (exact) mass is 260 g/mol. The van der Waals surface area contributed by atoms with Crippen molar-refractivity contribution in [3.63, 3.8) is 0 Å². The number of nitrogens with zero attached hydrogens (tertiary/aromatic N) is 1. The normalized spacial score (nSPS) is 24.2. The van der Waals surface area contributed by atoms with Gasteiger partial charge in [0.05, 0.1) is 19.1 Å². The van der Waals surface area contributed by atoms with E-state index in [1.165, 1.54) is 68.5 Å². The fourth-order valence-electron chi connectivity index (χ4n) is 3.98. The van der Waals surface area contributed by atoms with Gasteiger partial charge in [-0.15, -0.1) is 0 Å². The first-order chi connectivity index (χ1) is 9.31. The van der Waals surface area contributed by atoms with Crippen LogP contribution in [0, 0.1) is 0 Å². The van der Waals surface area contributed by atoms with E-state index < -0.39 is 0 Å². The number of quaternary nitrogens is 1. The molecule has 2 heterocycles. The van der Waals surface area contributed by atoms with Crippen LogP contribution in [0.3, 0.4) is 0 Å². The number of piperidine rings is 2. The van der Waals surface area contributed by atoms with E-state index in [-0.39, 0.29) is 0 Å². The van der Waals surface area contributed by atoms with Crippen LogP contribution in [0.4, 0.5) is 11.4 Å². The Kier molecular flexibility index (Phi) is 3.76. The van der Waals surface area contributed by atoms with Crippen LogP contribution in [0.15, 0.2) is 24.3 Å². The van der Waals surface area contributed by atoms with Crippen molar-refractivity contribution < 1.29 is 0 Å². The maximum Gasteiger partial charge on any atom is 0.133 e. The lowest BCUT2D eigenvalue weighted by Crippen LogP contribution is -2.62. The van der Waals surface area contributed by atoms with E-state index in [1.54, 1.807) is 0 Å². The Hall–Kier alpha value is -1.06. The van der Waals surface area contributed by atoms with Gasteiger partial charge in [0.2, 0.25) is 0 Å². The first kappa shape index (κ1) is 12.9. The summed E-state index contributed by atoms with van der Waals surface area (Å²) in [5.41, 5.74) is 8.23. The highest BCUT2D eigenvalue weighted by atomic mass is 15.4. The molecule has 19 heavy (non-hydrogen) atoms. The molecule has 3 nitrogen and oxygen atoms in total. The molecular weight excluding hydrogens is 234 g/mol. The standard InChI is InChI=1S/C16H26N3/c17-14-4-6-15(7-5-14)19(12-2-1-3-13-19)16-8-10-18-11-9-16/h4-7,16,18H,1-3,8-13,17H2/q+1. The highest BCUT2D eigenvalue weighted by Gasteiger charge is 2.40. The van der Waals surface area contributed by atoms with Gasteiger partial charge in [0.15, 0.2) is 0 Å². The average Bonchev–Trinajstić information content (AvgIpc) is 2.49. The van der Waals surface area contributed by atoms with Gasteiger partial charge in [-0.25, -0.2) is 0 Å². The Morgan fingerprint density at radius 2 is 1.58 bits per heavy atom. The van der Waals surface area contributed by atoms with E-state index in [9.17, 15) is 0 Å². The van der Waals surface area contributed by atoms with Crippen LogP contribution in [0.25, 0.3) is 0 Å². The number of hydrogen-bond acceptors (Lipinski definition) is 2. The number of nitrogens with one attached hydrogen (secondary N) is 1. The van der Waals surface area contributed by atoms with Crippen molar-refractivity contribution in [1.82, 2.24) is 9.80 Å². The average molecular weight is 260 g/mol. The number of benzene rings is 1. The van der Waals surface area contributed by atoms with Gasteiger partial charge >= 0.3 is 0 Å². The first-order valence-corrected chi connectivity index (χ1v) is 7.75. The smallest absolute Gasteiger partial charge is 0.133 e. The maximum absolute atomic E-state index is 5.86. The topological polar surface area (TPSA) is 38.0 Å². The molecule has 1 aromatic rings. The first-order valence-electron chi connectivity index (χ1n) is 7.75. The number of nitrogen functional groups attached to an aromatic ring is 1. The molecule has 2 saturated heterocycles. The minimum atomic E-state index is 0.796. The Bertz CT molecular complexity index is 401. The molecule has 0 spiro atoms. The molecule has 2 aliphatic rings. The van der Waals surface area contributed by atoms with Gasteiger partial charge in [-0.3, -0.25) is 4.48 Å². The van der Waals surface area contributed by atoms with E-state index in [0.29, 0.717) is 0 Å². The van der Waals surface area contributed by atoms with Crippen LogP contribution in [-0.2, 0) is 0 Å². The van der Waals surface area contributed by atoms with Gasteiger partial charge in [0, 0.05) is 43.8 Å². The van der Waals surface area contributed by atoms with E-state index in [2.05, 4.69) is 29.6 Å². The van der Waals surface area contributed by atoms with Crippen molar-refractivity contribution in [1.29, 1.82) is 0 Å². The molecule has 1 aromatic carbocycles. The predicted molar refractivity (Wildman–Crippen MR) is 82.1 cm³/mol. The van der Waals surface area contributed by atoms with E-state index in [1.807, 2.05) is 0 Å². The van der Waals surface area contributed by atoms with Crippen molar-refractivity contribution in [2.24, 2.45) is 0 Å². The number of hydrogen-bond donors (Lipinski definition) is 2. The number of likely N-dealkylation sites (tertiary alicyclic amines) is 1. The van der Waals surface area contributed by atoms with Gasteiger partial charge in [0.1, 0.15) is 5.69 Å². The summed E-state index contributed by atoms with van der Waals surface area (Å²) in [7, 11) is 0. The minimum absolute atomic E-state index is 0.796. The van der Waals surface area contributed by atoms with Gasteiger partial charge < -0.3 is 11.1 Å². The second-order valence-corrected chi connectivity index (χ2v) is 6.11. The van der Waals surface area contributed by atoms with Crippen LogP contribution in [0.5, 0.6) is 0 Å². The zero-order chi connectivity index (χ0) is 13.1. The van der Waals surface area contributed by atoms with Crippen molar-refractivity contribution in [3.05, 3.63) is 24.3 Å². The zero-order valence-corrected chi connectivity index (χ0v) is 11.8. The number of rotatable bonds is 2. The summed E-state index contributed by atoms with van der Waals surface area (Å²) in [6, 6.07) is 9.48. The van der Waals surface area contributed by atoms with Gasteiger partial charge in [0.25, 0.3) is 0 Å². The van der Waals surface area contributed by atoms with Crippen LogP contribution in [0.1, 0.15) is 32.1 Å². The fourth-order valence-corrected chi connectivity index (χ4v) is 3.98. The Morgan fingerprint density at radius 1 is 0.947 bits per heavy atom. The molecule has 0 unspecified atom stereocenters. The van der Waals surface area contributed by atoms with Crippen molar-refractivity contribution in [3.8, 4) is 0 Å². The second kappa shape index (κ2) is 5.51. The Morgan fingerprint density at radius 3 is 2.21 bits per heavy atom. The molecule has 2 aliphatic heterocycles. The van der Waals surface area contributed by atoms with Gasteiger partial charge in [-0.05, 0) is 31.4 Å². The lowest BCUT2D eigenvalue weighted by atomic mass is 9.95. The largest absolute Gasteiger partial charge is 0.399 e. The Balaban J connectivity index is 1.93. The van der Waals surface area contributed by atoms with E-state index in [4.69, 9.17) is 5.73 Å². The second-order valence-electron chi connectivity index (χ2n) is 6.11. The molecule has 0 saturated carbocycles. The molecule has 3 rings (SSSR count). The molecule has 0 amide bonds. The van der Waals surface area contributed by atoms with E-state index >= 15 is 0 Å². The number of nitrogens with two attached hydrogens (primary N) is 1. The zero-order valence-electron chi connectivity index (χ0n) is 11.8. The van der Waals surface area contributed by atoms with Crippen LogP contribution >= 0.6 is 0 Å². The summed E-state index contributed by atoms with van der Waals surface area (Å²) in [5, 5.41) is 3.50. The molecule has 0 atom stereocenters. The number of anilines is 1. The summed E-state index contributed by atoms with van der Waals surface area (Å²) < 4.78 is 1.21. The van der Waals surface area contributed by atoms with Crippen LogP contribution in [0.2, 0.25) is 0 Å². The summed E-state index contributed by atoms with van der Waals surface area (Å²) in [4.78, 5) is 0. The highest BCUT2D eigenvalue weighted by molar-refractivity contribution is 5.51. The molecule has 3 heteroatoms. The van der Waals surface area contributed by atoms with Crippen molar-refractivity contribution in [2.45, 2.75) is 38.1 Å². The molecule has 2 fully saturated rings. The molecule has 0 aromatic heterocycles. The quantitative estimate of drug-likeness (QED) is 0.633. The summed E-state index contributed by atoms with van der Waals surface area (Å²) >= 11 is 0. The third kappa shape index (κ3) is 2.49. The van der Waals surface area contributed by atoms with Crippen LogP contribution in [-0.4, -0.2) is 32.2 Å². The lowest BCUT2D eigenvalue weighted by molar-refractivity contribution is 0.139. The minimum Gasteiger partial charge on any atom is -0.399 e. The van der Waals surface area contributed by atoms with Gasteiger partial charge in [-0.1, -0.05) is 0 Å². The third-order valence-corrected chi connectivity index (χ3v) is 5.03. The van der Waals surface area contributed by atoms with Crippen LogP contribution < -0.4 is 15.5 Å². The predicted octanol–water partition coefficient (Wildman–Crippen LogP) is 2.51. The van der Waals surface area contributed by atoms with Crippen molar-refractivity contribution in [2.75, 3.05) is 31.9 Å². The fraction of sp³-hybridized carbons (Fsp3) is 0.625. The highest BCUT2D eigenvalue weighted by Crippen LogP contribution is 2.35.